The van der Waals surface area contributed by atoms with E-state index >= 15 is 0 Å². The molecule has 15 heteroatoms. The molecule has 3 amide bonds. The number of likely N-dealkylation sites (tertiary alicyclic amines) is 1. The number of rotatable bonds is 23. The van der Waals surface area contributed by atoms with Crippen LogP contribution < -0.4 is 15.0 Å². The van der Waals surface area contributed by atoms with Gasteiger partial charge in [-0.15, -0.1) is 0 Å². The number of hydrogen-bond donors (Lipinski definition) is 2. The molecule has 3 heterocycles. The van der Waals surface area contributed by atoms with E-state index in [2.05, 4.69) is 41.7 Å². The van der Waals surface area contributed by atoms with Gasteiger partial charge in [0.25, 0.3) is 5.91 Å². The second kappa shape index (κ2) is 24.4. The van der Waals surface area contributed by atoms with Crippen LogP contribution in [-0.4, -0.2) is 128 Å². The fourth-order valence-corrected chi connectivity index (χ4v) is 9.02. The maximum atomic E-state index is 14.1. The van der Waals surface area contributed by atoms with Crippen LogP contribution in [0, 0.1) is 0 Å². The van der Waals surface area contributed by atoms with E-state index in [-0.39, 0.29) is 30.1 Å². The number of amides is 3. The molecular weight excluding hydrogens is 844 g/mol. The molecule has 65 heavy (non-hydrogen) atoms. The third-order valence-electron chi connectivity index (χ3n) is 12.6. The highest BCUT2D eigenvalue weighted by Crippen LogP contribution is 2.38. The van der Waals surface area contributed by atoms with Gasteiger partial charge in [0.1, 0.15) is 23.7 Å². The van der Waals surface area contributed by atoms with Crippen molar-refractivity contribution in [2.75, 3.05) is 64.3 Å². The summed E-state index contributed by atoms with van der Waals surface area (Å²) in [5.74, 6) is 1.13. The summed E-state index contributed by atoms with van der Waals surface area (Å²) in [4.78, 5) is 82.2. The zero-order valence-corrected chi connectivity index (χ0v) is 38.3. The summed E-state index contributed by atoms with van der Waals surface area (Å²) < 4.78 is 5.94. The van der Waals surface area contributed by atoms with Gasteiger partial charge in [-0.1, -0.05) is 49.1 Å². The van der Waals surface area contributed by atoms with Crippen molar-refractivity contribution in [3.8, 4) is 11.5 Å². The number of nitrogens with zero attached hydrogens (tertiary/aromatic N) is 6. The lowest BCUT2D eigenvalue weighted by Gasteiger charge is -2.36. The molecule has 1 aromatic heterocycles. The van der Waals surface area contributed by atoms with Crippen LogP contribution in [-0.2, 0) is 9.59 Å². The topological polar surface area (TPSA) is 160 Å². The highest BCUT2D eigenvalue weighted by Gasteiger charge is 2.30. The van der Waals surface area contributed by atoms with Crippen molar-refractivity contribution in [2.24, 2.45) is 9.98 Å². The first-order valence-electron chi connectivity index (χ1n) is 22.7. The average Bonchev–Trinajstić information content (AvgIpc) is 3.76. The van der Waals surface area contributed by atoms with Crippen LogP contribution in [0.1, 0.15) is 113 Å². The normalized spacial score (nSPS) is 16.2. The number of unbranched alkanes of at least 4 members (excludes halogenated alkanes) is 4. The standard InChI is InChI=1S/C50H61ClN8O6/c1-36(16-21-46(62)55-35-61)56(3)50(64)43-29-39(18-17-38(43)33-60)59-27-25-57(26-28-59)22-10-5-4-6-11-23-58-24-12-13-37(32-58)47-44(31-53-49(47)54-34-52-2)48(63)42-20-19-41(30-45(42)51)65-40-14-8-7-9-15-40/h7-9,14-15,17-20,29-31,33-37,53H,2,4-6,10-13,16,21-28,32H2,1,3H3,(H,55,61,62)/b54-34-. The molecule has 2 aliphatic heterocycles. The molecule has 0 radical (unpaired) electrons. The predicted octanol–water partition coefficient (Wildman–Crippen LogP) is 8.33. The fourth-order valence-electron chi connectivity index (χ4n) is 8.76. The summed E-state index contributed by atoms with van der Waals surface area (Å²) in [5, 5.41) is 2.44. The molecule has 344 valence electrons. The first-order valence-corrected chi connectivity index (χ1v) is 23.0. The average molecular weight is 906 g/mol. The molecule has 0 aliphatic carbocycles. The number of aliphatic imine (C=N–C) groups is 2. The lowest BCUT2D eigenvalue weighted by atomic mass is 9.87. The van der Waals surface area contributed by atoms with E-state index in [1.54, 1.807) is 48.5 Å². The van der Waals surface area contributed by atoms with Crippen molar-refractivity contribution < 1.29 is 28.7 Å². The van der Waals surface area contributed by atoms with Crippen molar-refractivity contribution in [2.45, 2.75) is 76.7 Å². The summed E-state index contributed by atoms with van der Waals surface area (Å²) in [5.41, 5.74) is 3.44. The van der Waals surface area contributed by atoms with Crippen LogP contribution in [0.4, 0.5) is 11.5 Å². The maximum Gasteiger partial charge on any atom is 0.254 e. The third kappa shape index (κ3) is 13.3. The monoisotopic (exact) mass is 904 g/mol. The Labute approximate surface area is 387 Å². The van der Waals surface area contributed by atoms with Gasteiger partial charge in [0.15, 0.2) is 12.1 Å². The Bertz CT molecular complexity index is 2290. The largest absolute Gasteiger partial charge is 0.457 e. The zero-order chi connectivity index (χ0) is 46.1. The first-order chi connectivity index (χ1) is 31.6. The summed E-state index contributed by atoms with van der Waals surface area (Å²) >= 11 is 6.71. The second-order valence-corrected chi connectivity index (χ2v) is 17.3. The number of ketones is 1. The number of anilines is 1. The van der Waals surface area contributed by atoms with E-state index < -0.39 is 5.91 Å². The summed E-state index contributed by atoms with van der Waals surface area (Å²) in [6, 6.07) is 19.7. The number of benzene rings is 3. The minimum Gasteiger partial charge on any atom is -0.457 e. The fraction of sp³-hybridized carbons (Fsp3) is 0.420. The number of para-hydroxylation sites is 1. The van der Waals surface area contributed by atoms with Crippen molar-refractivity contribution in [1.29, 1.82) is 0 Å². The van der Waals surface area contributed by atoms with Crippen LogP contribution in [0.2, 0.25) is 5.02 Å². The zero-order valence-electron chi connectivity index (χ0n) is 37.6. The van der Waals surface area contributed by atoms with Gasteiger partial charge in [0.05, 0.1) is 10.6 Å². The molecule has 4 aromatic rings. The van der Waals surface area contributed by atoms with Gasteiger partial charge in [-0.05, 0) is 108 Å². The molecule has 6 rings (SSSR count). The van der Waals surface area contributed by atoms with Crippen molar-refractivity contribution >= 4 is 66.5 Å². The molecule has 0 bridgehead atoms. The van der Waals surface area contributed by atoms with Crippen molar-refractivity contribution in [1.82, 2.24) is 25.0 Å². The second-order valence-electron chi connectivity index (χ2n) is 16.9. The number of aromatic amines is 1. The lowest BCUT2D eigenvalue weighted by molar-refractivity contribution is -0.125. The molecule has 2 atom stereocenters. The Morgan fingerprint density at radius 1 is 0.908 bits per heavy atom. The van der Waals surface area contributed by atoms with E-state index in [0.717, 1.165) is 95.7 Å². The molecule has 0 saturated carbocycles. The molecule has 2 N–H and O–H groups in total. The summed E-state index contributed by atoms with van der Waals surface area (Å²) in [7, 11) is 1.67. The number of halogens is 1. The van der Waals surface area contributed by atoms with Gasteiger partial charge in [-0.2, -0.15) is 0 Å². The minimum absolute atomic E-state index is 0.111. The first kappa shape index (κ1) is 48.5. The lowest BCUT2D eigenvalue weighted by Crippen LogP contribution is -2.46. The van der Waals surface area contributed by atoms with Crippen LogP contribution in [0.25, 0.3) is 0 Å². The van der Waals surface area contributed by atoms with E-state index in [4.69, 9.17) is 16.3 Å². The number of piperazine rings is 1. The van der Waals surface area contributed by atoms with Gasteiger partial charge in [-0.25, -0.2) is 4.99 Å². The molecule has 2 fully saturated rings. The number of aromatic nitrogens is 1. The number of H-pyrrole nitrogens is 1. The molecule has 2 unspecified atom stereocenters. The smallest absolute Gasteiger partial charge is 0.254 e. The van der Waals surface area contributed by atoms with Crippen molar-refractivity contribution in [3.63, 3.8) is 0 Å². The number of piperidine rings is 1. The van der Waals surface area contributed by atoms with Crippen molar-refractivity contribution in [3.05, 3.63) is 106 Å². The van der Waals surface area contributed by atoms with E-state index in [0.29, 0.717) is 63.7 Å². The Balaban J connectivity index is 0.932. The Morgan fingerprint density at radius 2 is 1.65 bits per heavy atom. The SMILES string of the molecule is C=N/C=N\c1[nH]cc(C(=O)c2ccc(Oc3ccccc3)cc2Cl)c1C1CCCN(CCCCCCCN2CCN(c3ccc(C=O)c(C(=O)N(C)C(C)CCC(=O)NC=O)c3)CC2)C1. The number of nitrogens with one attached hydrogen (secondary N) is 2. The summed E-state index contributed by atoms with van der Waals surface area (Å²) in [6.07, 6.45) is 12.4. The Kier molecular flexibility index (Phi) is 18.2. The van der Waals surface area contributed by atoms with Gasteiger partial charge >= 0.3 is 0 Å². The van der Waals surface area contributed by atoms with Gasteiger partial charge < -0.3 is 24.4 Å². The molecule has 0 spiro atoms. The Morgan fingerprint density at radius 3 is 2.35 bits per heavy atom. The highest BCUT2D eigenvalue weighted by atomic mass is 35.5. The molecule has 2 saturated heterocycles. The van der Waals surface area contributed by atoms with Crippen LogP contribution in [0.5, 0.6) is 11.5 Å². The number of ether oxygens (including phenoxy) is 1. The highest BCUT2D eigenvalue weighted by molar-refractivity contribution is 6.35. The Hall–Kier alpha value is -5.96. The predicted molar refractivity (Wildman–Crippen MR) is 257 cm³/mol. The van der Waals surface area contributed by atoms with Crippen LogP contribution >= 0.6 is 11.6 Å². The van der Waals surface area contributed by atoms with Gasteiger partial charge in [-0.3, -0.25) is 39.2 Å². The quantitative estimate of drug-likeness (QED) is 0.0245. The number of carbonyl (C=O) groups is 5. The van der Waals surface area contributed by atoms with Gasteiger partial charge in [0, 0.05) is 98.4 Å². The molecule has 14 nitrogen and oxygen atoms in total. The maximum absolute atomic E-state index is 14.1. The minimum atomic E-state index is -0.396. The number of aldehydes is 1. The van der Waals surface area contributed by atoms with E-state index in [1.807, 2.05) is 43.3 Å². The number of hydrogen-bond acceptors (Lipinski definition) is 10. The summed E-state index contributed by atoms with van der Waals surface area (Å²) in [6.45, 7) is 12.8. The molecule has 2 aliphatic rings. The number of carbonyl (C=O) groups excluding carboxylic acids is 5. The van der Waals surface area contributed by atoms with Crippen LogP contribution in [0.15, 0.2) is 82.9 Å². The van der Waals surface area contributed by atoms with Gasteiger partial charge in [0.2, 0.25) is 12.3 Å². The molecular formula is C50H61ClN8O6. The van der Waals surface area contributed by atoms with E-state index in [1.165, 1.54) is 19.2 Å². The van der Waals surface area contributed by atoms with E-state index in [9.17, 15) is 24.0 Å². The number of imide groups is 1. The van der Waals surface area contributed by atoms with Crippen LogP contribution in [0.3, 0.4) is 0 Å². The molecule has 3 aromatic carbocycles. The third-order valence-corrected chi connectivity index (χ3v) is 12.9.